The van der Waals surface area contributed by atoms with Crippen molar-refractivity contribution in [1.29, 1.82) is 0 Å². The van der Waals surface area contributed by atoms with Gasteiger partial charge in [-0.05, 0) is 17.6 Å². The monoisotopic (exact) mass is 252 g/mol. The van der Waals surface area contributed by atoms with Gasteiger partial charge >= 0.3 is 13.3 Å². The first-order valence-electron chi connectivity index (χ1n) is 4.64. The van der Waals surface area contributed by atoms with E-state index < -0.39 is 32.1 Å². The molecule has 0 heterocycles. The van der Waals surface area contributed by atoms with Crippen molar-refractivity contribution in [3.63, 3.8) is 0 Å². The van der Waals surface area contributed by atoms with Crippen molar-refractivity contribution in [3.8, 4) is 5.75 Å². The standard InChI is InChI=1S/C9H9BF4O3/c11-7-3-6(10(15)16)4-8(5-7)17-2-1-9(12,13)14/h3-5,15-16H,1-2H2. The quantitative estimate of drug-likeness (QED) is 0.616. The highest BCUT2D eigenvalue weighted by molar-refractivity contribution is 6.58. The second-order valence-corrected chi connectivity index (χ2v) is 3.31. The number of benzene rings is 1. The van der Waals surface area contributed by atoms with E-state index >= 15 is 0 Å². The fourth-order valence-corrected chi connectivity index (χ4v) is 1.10. The van der Waals surface area contributed by atoms with Crippen LogP contribution in [0.5, 0.6) is 5.75 Å². The van der Waals surface area contributed by atoms with Crippen molar-refractivity contribution >= 4 is 12.6 Å². The molecule has 0 saturated heterocycles. The van der Waals surface area contributed by atoms with Crippen molar-refractivity contribution in [3.05, 3.63) is 24.0 Å². The number of hydrogen-bond donors (Lipinski definition) is 2. The van der Waals surface area contributed by atoms with Gasteiger partial charge in [0.1, 0.15) is 11.6 Å². The highest BCUT2D eigenvalue weighted by atomic mass is 19.4. The van der Waals surface area contributed by atoms with Crippen LogP contribution in [0.25, 0.3) is 0 Å². The molecule has 3 nitrogen and oxygen atoms in total. The first kappa shape index (κ1) is 13.8. The molecule has 0 aliphatic heterocycles. The molecule has 1 aromatic carbocycles. The van der Waals surface area contributed by atoms with Crippen molar-refractivity contribution in [2.24, 2.45) is 0 Å². The van der Waals surface area contributed by atoms with Gasteiger partial charge in [-0.1, -0.05) is 0 Å². The maximum atomic E-state index is 12.9. The molecule has 0 atom stereocenters. The average Bonchev–Trinajstić information content (AvgIpc) is 2.14. The first-order chi connectivity index (χ1) is 7.78. The van der Waals surface area contributed by atoms with Crippen molar-refractivity contribution < 1.29 is 32.3 Å². The zero-order chi connectivity index (χ0) is 13.1. The highest BCUT2D eigenvalue weighted by Gasteiger charge is 2.27. The third-order valence-electron chi connectivity index (χ3n) is 1.85. The largest absolute Gasteiger partial charge is 0.493 e. The Morgan fingerprint density at radius 2 is 1.82 bits per heavy atom. The molecule has 0 aliphatic carbocycles. The maximum Gasteiger partial charge on any atom is 0.488 e. The Bertz CT molecular complexity index is 381. The minimum absolute atomic E-state index is 0.183. The van der Waals surface area contributed by atoms with Crippen LogP contribution in [0.1, 0.15) is 6.42 Å². The smallest absolute Gasteiger partial charge is 0.488 e. The number of hydrogen-bond acceptors (Lipinski definition) is 3. The third-order valence-corrected chi connectivity index (χ3v) is 1.85. The molecular formula is C9H9BF4O3. The molecular weight excluding hydrogens is 243 g/mol. The lowest BCUT2D eigenvalue weighted by molar-refractivity contribution is -0.139. The zero-order valence-electron chi connectivity index (χ0n) is 8.54. The number of alkyl halides is 3. The number of halogens is 4. The van der Waals surface area contributed by atoms with Crippen LogP contribution in [-0.2, 0) is 0 Å². The summed E-state index contributed by atoms with van der Waals surface area (Å²) in [4.78, 5) is 0. The van der Waals surface area contributed by atoms with Gasteiger partial charge in [0.25, 0.3) is 0 Å². The predicted octanol–water partition coefficient (Wildman–Crippen LogP) is 0.837. The third kappa shape index (κ3) is 5.05. The van der Waals surface area contributed by atoms with Crippen LogP contribution >= 0.6 is 0 Å². The van der Waals surface area contributed by atoms with Gasteiger partial charge in [0.05, 0.1) is 13.0 Å². The predicted molar refractivity (Wildman–Crippen MR) is 52.4 cm³/mol. The topological polar surface area (TPSA) is 49.7 Å². The van der Waals surface area contributed by atoms with E-state index in [2.05, 4.69) is 4.74 Å². The summed E-state index contributed by atoms with van der Waals surface area (Å²) >= 11 is 0. The van der Waals surface area contributed by atoms with Gasteiger partial charge in [0.2, 0.25) is 0 Å². The summed E-state index contributed by atoms with van der Waals surface area (Å²) in [6.07, 6.45) is -5.52. The van der Waals surface area contributed by atoms with Crippen LogP contribution in [0.3, 0.4) is 0 Å². The molecule has 0 aromatic heterocycles. The molecule has 0 bridgehead atoms. The molecule has 0 fully saturated rings. The summed E-state index contributed by atoms with van der Waals surface area (Å²) in [6, 6.07) is 2.77. The minimum Gasteiger partial charge on any atom is -0.493 e. The van der Waals surface area contributed by atoms with Crippen molar-refractivity contribution in [2.45, 2.75) is 12.6 Å². The number of ether oxygens (including phenoxy) is 1. The Kier molecular flexibility index (Phi) is 4.36. The van der Waals surface area contributed by atoms with E-state index in [9.17, 15) is 17.6 Å². The van der Waals surface area contributed by atoms with Crippen LogP contribution in [0.15, 0.2) is 18.2 Å². The molecule has 17 heavy (non-hydrogen) atoms. The van der Waals surface area contributed by atoms with Crippen molar-refractivity contribution in [1.82, 2.24) is 0 Å². The Morgan fingerprint density at radius 1 is 1.18 bits per heavy atom. The van der Waals surface area contributed by atoms with Gasteiger partial charge in [0.15, 0.2) is 0 Å². The van der Waals surface area contributed by atoms with Crippen LogP contribution < -0.4 is 10.2 Å². The molecule has 94 valence electrons. The Labute approximate surface area is 94.8 Å². The summed E-state index contributed by atoms with van der Waals surface area (Å²) in [5, 5.41) is 17.6. The average molecular weight is 252 g/mol. The molecule has 8 heteroatoms. The molecule has 1 rings (SSSR count). The summed E-state index contributed by atoms with van der Waals surface area (Å²) in [6.45, 7) is -0.659. The lowest BCUT2D eigenvalue weighted by Crippen LogP contribution is -2.30. The van der Waals surface area contributed by atoms with Gasteiger partial charge in [-0.15, -0.1) is 0 Å². The normalized spacial score (nSPS) is 11.4. The van der Waals surface area contributed by atoms with Gasteiger partial charge in [0, 0.05) is 6.07 Å². The fourth-order valence-electron chi connectivity index (χ4n) is 1.10. The van der Waals surface area contributed by atoms with Crippen molar-refractivity contribution in [2.75, 3.05) is 6.61 Å². The molecule has 0 saturated carbocycles. The van der Waals surface area contributed by atoms with E-state index in [1.54, 1.807) is 0 Å². The van der Waals surface area contributed by atoms with Crippen LogP contribution in [0.4, 0.5) is 17.6 Å². The Hall–Kier alpha value is -1.28. The van der Waals surface area contributed by atoms with Gasteiger partial charge in [-0.25, -0.2) is 4.39 Å². The molecule has 0 unspecified atom stereocenters. The summed E-state index contributed by atoms with van der Waals surface area (Å²) in [5.74, 6) is -1.00. The second kappa shape index (κ2) is 5.37. The first-order valence-corrected chi connectivity index (χ1v) is 4.64. The highest BCUT2D eigenvalue weighted by Crippen LogP contribution is 2.20. The van der Waals surface area contributed by atoms with E-state index in [0.29, 0.717) is 0 Å². The lowest BCUT2D eigenvalue weighted by atomic mass is 9.80. The van der Waals surface area contributed by atoms with E-state index in [1.165, 1.54) is 0 Å². The SMILES string of the molecule is OB(O)c1cc(F)cc(OCCC(F)(F)F)c1. The number of rotatable bonds is 4. The molecule has 2 N–H and O–H groups in total. The Morgan fingerprint density at radius 3 is 2.35 bits per heavy atom. The molecule has 0 amide bonds. The van der Waals surface area contributed by atoms with Gasteiger partial charge in [-0.2, -0.15) is 13.2 Å². The molecule has 0 radical (unpaired) electrons. The van der Waals surface area contributed by atoms with Crippen LogP contribution in [0.2, 0.25) is 0 Å². The molecule has 0 spiro atoms. The molecule has 1 aromatic rings. The van der Waals surface area contributed by atoms with E-state index in [1.807, 2.05) is 0 Å². The van der Waals surface area contributed by atoms with E-state index in [-0.39, 0.29) is 11.2 Å². The lowest BCUT2D eigenvalue weighted by Gasteiger charge is -2.10. The zero-order valence-corrected chi connectivity index (χ0v) is 8.54. The van der Waals surface area contributed by atoms with Gasteiger partial charge < -0.3 is 14.8 Å². The fraction of sp³-hybridized carbons (Fsp3) is 0.333. The second-order valence-electron chi connectivity index (χ2n) is 3.31. The summed E-state index contributed by atoms with van der Waals surface area (Å²) < 4.78 is 53.0. The van der Waals surface area contributed by atoms with E-state index in [4.69, 9.17) is 10.0 Å². The van der Waals surface area contributed by atoms with Crippen LogP contribution in [0, 0.1) is 5.82 Å². The molecule has 0 aliphatic rings. The maximum absolute atomic E-state index is 12.9. The van der Waals surface area contributed by atoms with Crippen LogP contribution in [-0.4, -0.2) is 29.9 Å². The summed E-state index contributed by atoms with van der Waals surface area (Å²) in [5.41, 5.74) is -0.188. The minimum atomic E-state index is -4.35. The van der Waals surface area contributed by atoms with E-state index in [0.717, 1.165) is 18.2 Å². The summed E-state index contributed by atoms with van der Waals surface area (Å²) in [7, 11) is -1.91. The Balaban J connectivity index is 2.65. The van der Waals surface area contributed by atoms with Gasteiger partial charge in [-0.3, -0.25) is 0 Å².